The van der Waals surface area contributed by atoms with Gasteiger partial charge in [-0.1, -0.05) is 21.6 Å². The quantitative estimate of drug-likeness (QED) is 0.526. The third-order valence-corrected chi connectivity index (χ3v) is 4.87. The van der Waals surface area contributed by atoms with Crippen molar-refractivity contribution in [2.75, 3.05) is 25.2 Å². The molecular formula is C13H15F2NO4S2. The zero-order valence-electron chi connectivity index (χ0n) is 11.7. The Morgan fingerprint density at radius 3 is 2.55 bits per heavy atom. The van der Waals surface area contributed by atoms with Crippen LogP contribution in [0.5, 0.6) is 5.75 Å². The lowest BCUT2D eigenvalue weighted by Crippen LogP contribution is -2.26. The molecule has 0 aliphatic heterocycles. The van der Waals surface area contributed by atoms with Gasteiger partial charge in [0.05, 0.1) is 19.1 Å². The second-order valence-electron chi connectivity index (χ2n) is 3.99. The fourth-order valence-corrected chi connectivity index (χ4v) is 3.30. The average molecular weight is 351 g/mol. The minimum absolute atomic E-state index is 0.0698. The van der Waals surface area contributed by atoms with E-state index in [0.29, 0.717) is 11.5 Å². The summed E-state index contributed by atoms with van der Waals surface area (Å²) >= 11 is 0. The Morgan fingerprint density at radius 2 is 1.91 bits per heavy atom. The van der Waals surface area contributed by atoms with E-state index in [1.807, 2.05) is 0 Å². The van der Waals surface area contributed by atoms with Gasteiger partial charge >= 0.3 is 5.97 Å². The minimum atomic E-state index is -1.25. The van der Waals surface area contributed by atoms with Gasteiger partial charge in [-0.15, -0.1) is 0 Å². The first-order valence-corrected chi connectivity index (χ1v) is 8.72. The zero-order valence-corrected chi connectivity index (χ0v) is 13.4. The molecule has 1 aromatic rings. The summed E-state index contributed by atoms with van der Waals surface area (Å²) in [6.07, 6.45) is 0.0698. The fraction of sp³-hybridized carbons (Fsp3) is 0.385. The lowest BCUT2D eigenvalue weighted by molar-refractivity contribution is -0.136. The Hall–Kier alpha value is -1.48. The van der Waals surface area contributed by atoms with Gasteiger partial charge < -0.3 is 15.2 Å². The molecular weight excluding hydrogens is 336 g/mol. The van der Waals surface area contributed by atoms with Crippen LogP contribution in [-0.4, -0.2) is 42.1 Å². The monoisotopic (exact) mass is 351 g/mol. The minimum Gasteiger partial charge on any atom is -0.494 e. The van der Waals surface area contributed by atoms with Gasteiger partial charge in [-0.05, 0) is 12.1 Å². The van der Waals surface area contributed by atoms with Crippen molar-refractivity contribution in [3.8, 4) is 5.75 Å². The smallest absolute Gasteiger partial charge is 0.304 e. The molecule has 0 unspecified atom stereocenters. The highest BCUT2D eigenvalue weighted by atomic mass is 33.1. The van der Waals surface area contributed by atoms with Crippen molar-refractivity contribution in [3.63, 3.8) is 0 Å². The second-order valence-corrected chi connectivity index (χ2v) is 6.69. The molecule has 1 rings (SSSR count). The first-order valence-electron chi connectivity index (χ1n) is 6.23. The van der Waals surface area contributed by atoms with Crippen molar-refractivity contribution in [1.29, 1.82) is 0 Å². The van der Waals surface area contributed by atoms with Gasteiger partial charge in [-0.3, -0.25) is 9.59 Å². The average Bonchev–Trinajstić information content (AvgIpc) is 2.48. The predicted octanol–water partition coefficient (Wildman–Crippen LogP) is 2.56. The molecule has 0 aliphatic carbocycles. The maximum atomic E-state index is 13.7. The van der Waals surface area contributed by atoms with E-state index in [1.54, 1.807) is 0 Å². The Kier molecular flexibility index (Phi) is 8.03. The Morgan fingerprint density at radius 1 is 1.23 bits per heavy atom. The summed E-state index contributed by atoms with van der Waals surface area (Å²) < 4.78 is 31.8. The summed E-state index contributed by atoms with van der Waals surface area (Å²) in [5, 5.41) is 10.9. The molecule has 0 saturated heterocycles. The van der Waals surface area contributed by atoms with Crippen LogP contribution < -0.4 is 10.1 Å². The summed E-state index contributed by atoms with van der Waals surface area (Å²) in [6, 6.07) is 2.34. The summed E-state index contributed by atoms with van der Waals surface area (Å²) in [5.41, 5.74) is -0.387. The molecule has 0 spiro atoms. The van der Waals surface area contributed by atoms with E-state index in [4.69, 9.17) is 5.11 Å². The fourth-order valence-electron chi connectivity index (χ4n) is 1.41. The summed E-state index contributed by atoms with van der Waals surface area (Å²) in [7, 11) is 3.98. The number of aliphatic carboxylic acids is 1. The topological polar surface area (TPSA) is 75.6 Å². The van der Waals surface area contributed by atoms with Crippen LogP contribution in [0.4, 0.5) is 8.78 Å². The standard InChI is InChI=1S/C13H15F2NO4S2/c1-20-9-3-2-8(11(14)12(9)15)13(19)16-5-7-22-21-6-4-10(17)18/h2-3H,4-7H2,1H3,(H,16,19)(H,17,18). The number of halogens is 2. The Labute approximate surface area is 134 Å². The summed E-state index contributed by atoms with van der Waals surface area (Å²) in [4.78, 5) is 22.0. The number of benzene rings is 1. The van der Waals surface area contributed by atoms with Gasteiger partial charge in [-0.2, -0.15) is 4.39 Å². The highest BCUT2D eigenvalue weighted by Crippen LogP contribution is 2.23. The number of hydrogen-bond acceptors (Lipinski definition) is 5. The van der Waals surface area contributed by atoms with Crippen LogP contribution in [0, 0.1) is 11.6 Å². The maximum Gasteiger partial charge on any atom is 0.304 e. The number of carboxylic acid groups (broad SMARTS) is 1. The normalized spacial score (nSPS) is 10.3. The number of carbonyl (C=O) groups is 2. The van der Waals surface area contributed by atoms with Crippen LogP contribution in [0.2, 0.25) is 0 Å². The van der Waals surface area contributed by atoms with Crippen molar-refractivity contribution in [1.82, 2.24) is 5.32 Å². The third kappa shape index (κ3) is 5.72. The van der Waals surface area contributed by atoms with E-state index in [0.717, 1.165) is 6.07 Å². The van der Waals surface area contributed by atoms with Gasteiger partial charge in [-0.25, -0.2) is 4.39 Å². The zero-order chi connectivity index (χ0) is 16.5. The van der Waals surface area contributed by atoms with Crippen LogP contribution in [0.3, 0.4) is 0 Å². The molecule has 0 atom stereocenters. The highest BCUT2D eigenvalue weighted by Gasteiger charge is 2.18. The summed E-state index contributed by atoms with van der Waals surface area (Å²) in [5.74, 6) is -3.30. The molecule has 0 aliphatic rings. The Balaban J connectivity index is 2.37. The van der Waals surface area contributed by atoms with Crippen LogP contribution in [0.1, 0.15) is 16.8 Å². The third-order valence-electron chi connectivity index (χ3n) is 2.46. The first kappa shape index (κ1) is 18.6. The van der Waals surface area contributed by atoms with Crippen LogP contribution in [0.15, 0.2) is 12.1 Å². The van der Waals surface area contributed by atoms with Gasteiger partial charge in [0, 0.05) is 18.1 Å². The van der Waals surface area contributed by atoms with Crippen molar-refractivity contribution in [2.24, 2.45) is 0 Å². The molecule has 0 heterocycles. The molecule has 0 saturated carbocycles. The van der Waals surface area contributed by atoms with Crippen LogP contribution >= 0.6 is 21.6 Å². The number of carboxylic acids is 1. The molecule has 0 aromatic heterocycles. The number of hydrogen-bond donors (Lipinski definition) is 2. The first-order chi connectivity index (χ1) is 10.5. The lowest BCUT2D eigenvalue weighted by atomic mass is 10.2. The number of carbonyl (C=O) groups excluding carboxylic acids is 1. The lowest BCUT2D eigenvalue weighted by Gasteiger charge is -2.08. The number of rotatable bonds is 9. The number of amides is 1. The molecule has 122 valence electrons. The summed E-state index contributed by atoms with van der Waals surface area (Å²) in [6.45, 7) is 0.261. The van der Waals surface area contributed by atoms with Gasteiger partial charge in [0.25, 0.3) is 5.91 Å². The molecule has 22 heavy (non-hydrogen) atoms. The van der Waals surface area contributed by atoms with Gasteiger partial charge in [0.15, 0.2) is 11.6 Å². The van der Waals surface area contributed by atoms with E-state index < -0.39 is 23.5 Å². The van der Waals surface area contributed by atoms with E-state index in [1.165, 1.54) is 34.8 Å². The maximum absolute atomic E-state index is 13.7. The van der Waals surface area contributed by atoms with Crippen LogP contribution in [0.25, 0.3) is 0 Å². The largest absolute Gasteiger partial charge is 0.494 e. The van der Waals surface area contributed by atoms with Crippen molar-refractivity contribution in [2.45, 2.75) is 6.42 Å². The molecule has 1 amide bonds. The molecule has 9 heteroatoms. The second kappa shape index (κ2) is 9.52. The van der Waals surface area contributed by atoms with E-state index in [2.05, 4.69) is 10.1 Å². The van der Waals surface area contributed by atoms with E-state index in [9.17, 15) is 18.4 Å². The molecule has 1 aromatic carbocycles. The predicted molar refractivity (Wildman–Crippen MR) is 82.4 cm³/mol. The van der Waals surface area contributed by atoms with Gasteiger partial charge in [0.1, 0.15) is 0 Å². The highest BCUT2D eigenvalue weighted by molar-refractivity contribution is 8.76. The van der Waals surface area contributed by atoms with E-state index >= 15 is 0 Å². The van der Waals surface area contributed by atoms with Crippen molar-refractivity contribution < 1.29 is 28.2 Å². The molecule has 0 fully saturated rings. The van der Waals surface area contributed by atoms with Crippen LogP contribution in [-0.2, 0) is 4.79 Å². The molecule has 0 bridgehead atoms. The molecule has 5 nitrogen and oxygen atoms in total. The SMILES string of the molecule is COc1ccc(C(=O)NCCSSCCC(=O)O)c(F)c1F. The Bertz CT molecular complexity index is 543. The number of methoxy groups -OCH3 is 1. The molecule has 2 N–H and O–H groups in total. The van der Waals surface area contributed by atoms with Crippen molar-refractivity contribution >= 4 is 33.5 Å². The van der Waals surface area contributed by atoms with Gasteiger partial charge in [0.2, 0.25) is 5.82 Å². The molecule has 0 radical (unpaired) electrons. The van der Waals surface area contributed by atoms with Crippen molar-refractivity contribution in [3.05, 3.63) is 29.3 Å². The van der Waals surface area contributed by atoms with E-state index in [-0.39, 0.29) is 24.3 Å². The number of nitrogens with one attached hydrogen (secondary N) is 1. The number of ether oxygens (including phenoxy) is 1.